The van der Waals surface area contributed by atoms with Crippen LogP contribution in [0.1, 0.15) is 36.0 Å². The number of pyridine rings is 1. The molecule has 21 heavy (non-hydrogen) atoms. The molecule has 1 atom stereocenters. The Balaban J connectivity index is 1.98. The van der Waals surface area contributed by atoms with E-state index in [0.29, 0.717) is 5.92 Å². The third kappa shape index (κ3) is 1.89. The standard InChI is InChI=1S/C20H17N/c1-2-14-13-16-7-3-4-10-17(16)19(14)18-11-5-8-15-9-6-12-21-20(15)18/h3-13,19H,2H2,1H3. The van der Waals surface area contributed by atoms with Crippen molar-refractivity contribution >= 4 is 17.0 Å². The molecular formula is C20H17N. The summed E-state index contributed by atoms with van der Waals surface area (Å²) in [6.07, 6.45) is 5.31. The Kier molecular flexibility index (Phi) is 2.85. The van der Waals surface area contributed by atoms with Crippen molar-refractivity contribution in [3.63, 3.8) is 0 Å². The molecule has 0 fully saturated rings. The predicted octanol–water partition coefficient (Wildman–Crippen LogP) is 5.17. The first-order valence-electron chi connectivity index (χ1n) is 7.51. The molecule has 0 aliphatic heterocycles. The Morgan fingerprint density at radius 2 is 1.71 bits per heavy atom. The molecule has 2 aromatic carbocycles. The second kappa shape index (κ2) is 4.85. The van der Waals surface area contributed by atoms with Gasteiger partial charge in [-0.1, -0.05) is 67.1 Å². The molecule has 0 N–H and O–H groups in total. The first-order valence-corrected chi connectivity index (χ1v) is 7.51. The highest BCUT2D eigenvalue weighted by molar-refractivity contribution is 5.85. The van der Waals surface area contributed by atoms with Crippen molar-refractivity contribution in [2.24, 2.45) is 0 Å². The Labute approximate surface area is 125 Å². The van der Waals surface area contributed by atoms with Crippen LogP contribution in [0, 0.1) is 0 Å². The number of allylic oxidation sites excluding steroid dienone is 1. The van der Waals surface area contributed by atoms with Crippen LogP contribution < -0.4 is 0 Å². The van der Waals surface area contributed by atoms with Gasteiger partial charge in [-0.05, 0) is 29.2 Å². The zero-order valence-electron chi connectivity index (χ0n) is 12.1. The molecule has 4 rings (SSSR count). The second-order valence-electron chi connectivity index (χ2n) is 5.56. The number of hydrogen-bond acceptors (Lipinski definition) is 1. The molecule has 1 nitrogen and oxygen atoms in total. The molecule has 3 aromatic rings. The number of benzene rings is 2. The highest BCUT2D eigenvalue weighted by Crippen LogP contribution is 2.43. The minimum atomic E-state index is 0.352. The molecule has 0 bridgehead atoms. The number of aromatic nitrogens is 1. The Hall–Kier alpha value is -2.41. The molecule has 0 amide bonds. The van der Waals surface area contributed by atoms with Gasteiger partial charge in [0.05, 0.1) is 5.52 Å². The van der Waals surface area contributed by atoms with E-state index in [9.17, 15) is 0 Å². The zero-order valence-corrected chi connectivity index (χ0v) is 12.1. The van der Waals surface area contributed by atoms with Crippen LogP contribution in [0.25, 0.3) is 17.0 Å². The molecule has 0 radical (unpaired) electrons. The fraction of sp³-hybridized carbons (Fsp3) is 0.150. The van der Waals surface area contributed by atoms with Crippen LogP contribution in [0.4, 0.5) is 0 Å². The van der Waals surface area contributed by atoms with Crippen molar-refractivity contribution in [2.75, 3.05) is 0 Å². The van der Waals surface area contributed by atoms with Gasteiger partial charge in [0.1, 0.15) is 0 Å². The Bertz CT molecular complexity index is 840. The number of para-hydroxylation sites is 1. The van der Waals surface area contributed by atoms with Crippen molar-refractivity contribution in [1.29, 1.82) is 0 Å². The van der Waals surface area contributed by atoms with Crippen LogP contribution in [0.3, 0.4) is 0 Å². The maximum atomic E-state index is 4.64. The van der Waals surface area contributed by atoms with Gasteiger partial charge in [-0.15, -0.1) is 0 Å². The average molecular weight is 271 g/mol. The summed E-state index contributed by atoms with van der Waals surface area (Å²) in [7, 11) is 0. The molecule has 1 heteroatoms. The molecule has 1 unspecified atom stereocenters. The van der Waals surface area contributed by atoms with E-state index in [1.807, 2.05) is 12.3 Å². The highest BCUT2D eigenvalue weighted by Gasteiger charge is 2.26. The quantitative estimate of drug-likeness (QED) is 0.626. The summed E-state index contributed by atoms with van der Waals surface area (Å²) in [5.74, 6) is 0.352. The van der Waals surface area contributed by atoms with Crippen molar-refractivity contribution in [1.82, 2.24) is 4.98 Å². The zero-order chi connectivity index (χ0) is 14.2. The summed E-state index contributed by atoms with van der Waals surface area (Å²) in [5, 5.41) is 1.22. The lowest BCUT2D eigenvalue weighted by atomic mass is 9.86. The lowest BCUT2D eigenvalue weighted by Gasteiger charge is -2.18. The summed E-state index contributed by atoms with van der Waals surface area (Å²) < 4.78 is 0. The summed E-state index contributed by atoms with van der Waals surface area (Å²) in [6.45, 7) is 2.24. The van der Waals surface area contributed by atoms with E-state index >= 15 is 0 Å². The third-order valence-electron chi connectivity index (χ3n) is 4.40. The van der Waals surface area contributed by atoms with Crippen molar-refractivity contribution in [3.05, 3.63) is 83.1 Å². The largest absolute Gasteiger partial charge is 0.256 e. The minimum Gasteiger partial charge on any atom is -0.256 e. The van der Waals surface area contributed by atoms with Gasteiger partial charge in [0.15, 0.2) is 0 Å². The first-order chi connectivity index (χ1) is 10.4. The summed E-state index contributed by atoms with van der Waals surface area (Å²) in [6, 6.07) is 19.4. The van der Waals surface area contributed by atoms with E-state index in [2.05, 4.69) is 66.5 Å². The molecule has 102 valence electrons. The molecule has 1 aromatic heterocycles. The summed E-state index contributed by atoms with van der Waals surface area (Å²) in [4.78, 5) is 4.64. The van der Waals surface area contributed by atoms with Crippen LogP contribution in [0.5, 0.6) is 0 Å². The van der Waals surface area contributed by atoms with Crippen LogP contribution in [-0.4, -0.2) is 4.98 Å². The van der Waals surface area contributed by atoms with Gasteiger partial charge in [0.25, 0.3) is 0 Å². The van der Waals surface area contributed by atoms with E-state index in [1.165, 1.54) is 27.6 Å². The third-order valence-corrected chi connectivity index (χ3v) is 4.40. The molecular weight excluding hydrogens is 254 g/mol. The van der Waals surface area contributed by atoms with Gasteiger partial charge >= 0.3 is 0 Å². The van der Waals surface area contributed by atoms with Crippen molar-refractivity contribution in [2.45, 2.75) is 19.3 Å². The molecule has 1 aliphatic rings. The molecule has 0 spiro atoms. The molecule has 1 aliphatic carbocycles. The van der Waals surface area contributed by atoms with E-state index in [0.717, 1.165) is 11.9 Å². The van der Waals surface area contributed by atoms with Gasteiger partial charge < -0.3 is 0 Å². The average Bonchev–Trinajstić information content (AvgIpc) is 2.92. The minimum absolute atomic E-state index is 0.352. The fourth-order valence-corrected chi connectivity index (χ4v) is 3.42. The van der Waals surface area contributed by atoms with Crippen LogP contribution >= 0.6 is 0 Å². The van der Waals surface area contributed by atoms with Crippen molar-refractivity contribution < 1.29 is 0 Å². The van der Waals surface area contributed by atoms with E-state index in [-0.39, 0.29) is 0 Å². The maximum absolute atomic E-state index is 4.64. The summed E-state index contributed by atoms with van der Waals surface area (Å²) >= 11 is 0. The van der Waals surface area contributed by atoms with E-state index in [4.69, 9.17) is 0 Å². The van der Waals surface area contributed by atoms with Gasteiger partial charge in [-0.2, -0.15) is 0 Å². The van der Waals surface area contributed by atoms with Gasteiger partial charge in [-0.25, -0.2) is 0 Å². The van der Waals surface area contributed by atoms with Crippen LogP contribution in [-0.2, 0) is 0 Å². The topological polar surface area (TPSA) is 12.9 Å². The number of fused-ring (bicyclic) bond motifs is 2. The maximum Gasteiger partial charge on any atom is 0.0743 e. The van der Waals surface area contributed by atoms with Gasteiger partial charge in [0.2, 0.25) is 0 Å². The normalized spacial score (nSPS) is 16.8. The predicted molar refractivity (Wildman–Crippen MR) is 88.3 cm³/mol. The highest BCUT2D eigenvalue weighted by atomic mass is 14.7. The fourth-order valence-electron chi connectivity index (χ4n) is 3.42. The smallest absolute Gasteiger partial charge is 0.0743 e. The Morgan fingerprint density at radius 1 is 0.905 bits per heavy atom. The van der Waals surface area contributed by atoms with Crippen LogP contribution in [0.15, 0.2) is 66.4 Å². The number of hydrogen-bond donors (Lipinski definition) is 0. The molecule has 0 saturated carbocycles. The second-order valence-corrected chi connectivity index (χ2v) is 5.56. The first kappa shape index (κ1) is 12.3. The molecule has 1 heterocycles. The lowest BCUT2D eigenvalue weighted by molar-refractivity contribution is 0.913. The summed E-state index contributed by atoms with van der Waals surface area (Å²) in [5.41, 5.74) is 6.70. The Morgan fingerprint density at radius 3 is 2.62 bits per heavy atom. The monoisotopic (exact) mass is 271 g/mol. The van der Waals surface area contributed by atoms with Gasteiger partial charge in [-0.3, -0.25) is 4.98 Å². The van der Waals surface area contributed by atoms with E-state index < -0.39 is 0 Å². The SMILES string of the molecule is CCC1=Cc2ccccc2C1c1cccc2cccnc12. The van der Waals surface area contributed by atoms with Gasteiger partial charge in [0, 0.05) is 17.5 Å². The van der Waals surface area contributed by atoms with Crippen molar-refractivity contribution in [3.8, 4) is 0 Å². The molecule has 0 saturated heterocycles. The number of rotatable bonds is 2. The van der Waals surface area contributed by atoms with E-state index in [1.54, 1.807) is 0 Å². The number of nitrogens with zero attached hydrogens (tertiary/aromatic N) is 1. The lowest BCUT2D eigenvalue weighted by Crippen LogP contribution is -2.02. The van der Waals surface area contributed by atoms with Crippen LogP contribution in [0.2, 0.25) is 0 Å².